The Morgan fingerprint density at radius 2 is 1.56 bits per heavy atom. The molecular weight excluding hydrogens is 396 g/mol. The van der Waals surface area contributed by atoms with Crippen LogP contribution in [0.3, 0.4) is 0 Å². The topological polar surface area (TPSA) is 39.4 Å². The van der Waals surface area contributed by atoms with Gasteiger partial charge in [-0.2, -0.15) is 0 Å². The molecule has 164 valence electrons. The molecule has 0 aliphatic carbocycles. The van der Waals surface area contributed by atoms with E-state index < -0.39 is 0 Å². The van der Waals surface area contributed by atoms with Crippen molar-refractivity contribution in [1.29, 1.82) is 0 Å². The molecule has 1 heterocycles. The molecule has 3 nitrogen and oxygen atoms in total. The van der Waals surface area contributed by atoms with Crippen molar-refractivity contribution in [1.82, 2.24) is 0 Å². The van der Waals surface area contributed by atoms with Gasteiger partial charge in [0.1, 0.15) is 12.2 Å². The van der Waals surface area contributed by atoms with Crippen LogP contribution in [0.4, 0.5) is 0 Å². The standard InChI is InChI=1S/C29H30O3/c1-18-8-7-9-21(14-18)17-31-28-26(30)24-15-19(2)20(3)16-25(24)32-27(28)22-10-12-23(13-11-22)29(4,5)6/h7-16H,17H2,1-6H3. The van der Waals surface area contributed by atoms with E-state index in [2.05, 4.69) is 39.0 Å². The van der Waals surface area contributed by atoms with Crippen molar-refractivity contribution in [2.24, 2.45) is 0 Å². The van der Waals surface area contributed by atoms with E-state index >= 15 is 0 Å². The van der Waals surface area contributed by atoms with Gasteiger partial charge in [-0.25, -0.2) is 0 Å². The van der Waals surface area contributed by atoms with Crippen LogP contribution in [0.25, 0.3) is 22.3 Å². The first-order valence-corrected chi connectivity index (χ1v) is 11.0. The Morgan fingerprint density at radius 3 is 2.22 bits per heavy atom. The average molecular weight is 427 g/mol. The Kier molecular flexibility index (Phi) is 5.68. The molecule has 0 atom stereocenters. The van der Waals surface area contributed by atoms with Crippen LogP contribution in [-0.2, 0) is 12.0 Å². The molecule has 4 rings (SSSR count). The lowest BCUT2D eigenvalue weighted by Crippen LogP contribution is -2.12. The lowest BCUT2D eigenvalue weighted by Gasteiger charge is -2.19. The van der Waals surface area contributed by atoms with Crippen molar-refractivity contribution in [3.05, 3.63) is 98.7 Å². The second-order valence-electron chi connectivity index (χ2n) is 9.63. The van der Waals surface area contributed by atoms with Gasteiger partial charge in [0.15, 0.2) is 5.76 Å². The van der Waals surface area contributed by atoms with Gasteiger partial charge in [-0.05, 0) is 60.6 Å². The van der Waals surface area contributed by atoms with E-state index in [1.807, 2.05) is 63.2 Å². The number of fused-ring (bicyclic) bond motifs is 1. The monoisotopic (exact) mass is 426 g/mol. The first kappa shape index (κ1) is 21.9. The summed E-state index contributed by atoms with van der Waals surface area (Å²) in [6.07, 6.45) is 0. The minimum Gasteiger partial charge on any atom is -0.481 e. The van der Waals surface area contributed by atoms with Crippen LogP contribution in [0.5, 0.6) is 5.75 Å². The summed E-state index contributed by atoms with van der Waals surface area (Å²) in [7, 11) is 0. The summed E-state index contributed by atoms with van der Waals surface area (Å²) in [4.78, 5) is 13.5. The third kappa shape index (κ3) is 4.34. The minimum atomic E-state index is -0.142. The number of ether oxygens (including phenoxy) is 1. The summed E-state index contributed by atoms with van der Waals surface area (Å²) in [6, 6.07) is 20.1. The molecule has 0 fully saturated rings. The van der Waals surface area contributed by atoms with E-state index in [4.69, 9.17) is 9.15 Å². The Morgan fingerprint density at radius 1 is 0.875 bits per heavy atom. The van der Waals surface area contributed by atoms with Gasteiger partial charge in [0, 0.05) is 5.56 Å². The van der Waals surface area contributed by atoms with Gasteiger partial charge in [0.25, 0.3) is 0 Å². The third-order valence-corrected chi connectivity index (χ3v) is 5.94. The molecule has 3 heteroatoms. The second-order valence-corrected chi connectivity index (χ2v) is 9.63. The number of rotatable bonds is 4. The normalized spacial score (nSPS) is 11.7. The molecule has 0 aliphatic heterocycles. The number of hydrogen-bond donors (Lipinski definition) is 0. The zero-order valence-corrected chi connectivity index (χ0v) is 19.7. The van der Waals surface area contributed by atoms with E-state index in [1.165, 1.54) is 5.56 Å². The summed E-state index contributed by atoms with van der Waals surface area (Å²) in [5.41, 5.74) is 6.83. The third-order valence-electron chi connectivity index (χ3n) is 5.94. The van der Waals surface area contributed by atoms with Crippen LogP contribution in [0.15, 0.2) is 69.9 Å². The SMILES string of the molecule is Cc1cccc(COc2c(-c3ccc(C(C)(C)C)cc3)oc3cc(C)c(C)cc3c2=O)c1. The molecule has 0 aliphatic rings. The van der Waals surface area contributed by atoms with E-state index in [0.717, 1.165) is 27.8 Å². The van der Waals surface area contributed by atoms with Gasteiger partial charge in [0.2, 0.25) is 11.2 Å². The Hall–Kier alpha value is -3.33. The number of hydrogen-bond acceptors (Lipinski definition) is 3. The highest BCUT2D eigenvalue weighted by Gasteiger charge is 2.20. The fourth-order valence-corrected chi connectivity index (χ4v) is 3.83. The molecule has 1 aromatic heterocycles. The summed E-state index contributed by atoms with van der Waals surface area (Å²) >= 11 is 0. The Balaban J connectivity index is 1.86. The molecule has 0 saturated carbocycles. The lowest BCUT2D eigenvalue weighted by molar-refractivity contribution is 0.298. The molecule has 0 spiro atoms. The molecule has 0 N–H and O–H groups in total. The van der Waals surface area contributed by atoms with Gasteiger partial charge < -0.3 is 9.15 Å². The highest BCUT2D eigenvalue weighted by Crippen LogP contribution is 2.34. The zero-order valence-electron chi connectivity index (χ0n) is 19.7. The van der Waals surface area contributed by atoms with Crippen LogP contribution in [-0.4, -0.2) is 0 Å². The van der Waals surface area contributed by atoms with E-state index in [0.29, 0.717) is 23.3 Å². The van der Waals surface area contributed by atoms with E-state index in [9.17, 15) is 4.79 Å². The maximum absolute atomic E-state index is 13.5. The van der Waals surface area contributed by atoms with E-state index in [1.54, 1.807) is 0 Å². The quantitative estimate of drug-likeness (QED) is 0.345. The van der Waals surface area contributed by atoms with Crippen molar-refractivity contribution in [2.75, 3.05) is 0 Å². The fourth-order valence-electron chi connectivity index (χ4n) is 3.83. The van der Waals surface area contributed by atoms with Gasteiger partial charge in [-0.15, -0.1) is 0 Å². The number of aryl methyl sites for hydroxylation is 3. The Bertz CT molecular complexity index is 1340. The minimum absolute atomic E-state index is 0.0435. The first-order chi connectivity index (χ1) is 15.1. The molecule has 0 radical (unpaired) electrons. The van der Waals surface area contributed by atoms with Crippen molar-refractivity contribution in [3.8, 4) is 17.1 Å². The van der Waals surface area contributed by atoms with Crippen LogP contribution >= 0.6 is 0 Å². The zero-order chi connectivity index (χ0) is 23.0. The Labute approximate surface area is 189 Å². The van der Waals surface area contributed by atoms with Crippen LogP contribution < -0.4 is 10.2 Å². The van der Waals surface area contributed by atoms with Crippen LogP contribution in [0.1, 0.15) is 48.6 Å². The summed E-state index contributed by atoms with van der Waals surface area (Å²) in [6.45, 7) is 12.9. The predicted molar refractivity (Wildman–Crippen MR) is 132 cm³/mol. The summed E-state index contributed by atoms with van der Waals surface area (Å²) in [5, 5.41) is 0.544. The largest absolute Gasteiger partial charge is 0.481 e. The second kappa shape index (κ2) is 8.31. The molecule has 32 heavy (non-hydrogen) atoms. The summed E-state index contributed by atoms with van der Waals surface area (Å²) < 4.78 is 12.4. The molecule has 4 aromatic rings. The molecule has 0 unspecified atom stereocenters. The predicted octanol–water partition coefficient (Wildman–Crippen LogP) is 7.26. The fraction of sp³-hybridized carbons (Fsp3) is 0.276. The van der Waals surface area contributed by atoms with Gasteiger partial charge >= 0.3 is 0 Å². The van der Waals surface area contributed by atoms with Crippen LogP contribution in [0, 0.1) is 20.8 Å². The molecule has 0 saturated heterocycles. The highest BCUT2D eigenvalue weighted by molar-refractivity contribution is 5.83. The van der Waals surface area contributed by atoms with Crippen molar-refractivity contribution >= 4 is 11.0 Å². The maximum Gasteiger partial charge on any atom is 0.235 e. The lowest BCUT2D eigenvalue weighted by atomic mass is 9.86. The van der Waals surface area contributed by atoms with E-state index in [-0.39, 0.29) is 16.6 Å². The average Bonchev–Trinajstić information content (AvgIpc) is 2.74. The van der Waals surface area contributed by atoms with Gasteiger partial charge in [-0.1, -0.05) is 74.9 Å². The smallest absolute Gasteiger partial charge is 0.235 e. The maximum atomic E-state index is 13.5. The highest BCUT2D eigenvalue weighted by atomic mass is 16.5. The van der Waals surface area contributed by atoms with Crippen molar-refractivity contribution < 1.29 is 9.15 Å². The molecule has 0 amide bonds. The molecular formula is C29H30O3. The van der Waals surface area contributed by atoms with Crippen molar-refractivity contribution in [2.45, 2.75) is 53.6 Å². The number of benzene rings is 3. The van der Waals surface area contributed by atoms with Gasteiger partial charge in [-0.3, -0.25) is 4.79 Å². The first-order valence-electron chi connectivity index (χ1n) is 11.0. The van der Waals surface area contributed by atoms with Gasteiger partial charge in [0.05, 0.1) is 5.39 Å². The summed E-state index contributed by atoms with van der Waals surface area (Å²) in [5.74, 6) is 0.727. The van der Waals surface area contributed by atoms with Crippen LogP contribution in [0.2, 0.25) is 0 Å². The molecule has 0 bridgehead atoms. The van der Waals surface area contributed by atoms with Crippen molar-refractivity contribution in [3.63, 3.8) is 0 Å². The molecule has 3 aromatic carbocycles.